The van der Waals surface area contributed by atoms with E-state index in [-0.39, 0.29) is 5.41 Å². The molecule has 0 aromatic heterocycles. The van der Waals surface area contributed by atoms with Crippen LogP contribution in [0.2, 0.25) is 0 Å². The summed E-state index contributed by atoms with van der Waals surface area (Å²) in [5.41, 5.74) is 3.69. The highest BCUT2D eigenvalue weighted by Crippen LogP contribution is 2.37. The van der Waals surface area contributed by atoms with Crippen molar-refractivity contribution < 1.29 is 4.79 Å². The van der Waals surface area contributed by atoms with E-state index in [1.165, 1.54) is 11.1 Å². The third kappa shape index (κ3) is 1.71. The van der Waals surface area contributed by atoms with Gasteiger partial charge in [0, 0.05) is 12.0 Å². The molecule has 0 aliphatic heterocycles. The van der Waals surface area contributed by atoms with Gasteiger partial charge in [0.15, 0.2) is 5.78 Å². The number of carbonyl (C=O) groups is 1. The second kappa shape index (κ2) is 3.48. The molecular formula is C14H18O. The zero-order valence-electron chi connectivity index (χ0n) is 9.76. The Morgan fingerprint density at radius 3 is 2.73 bits per heavy atom. The van der Waals surface area contributed by atoms with E-state index < -0.39 is 0 Å². The summed E-state index contributed by atoms with van der Waals surface area (Å²) in [4.78, 5) is 11.8. The first-order chi connectivity index (χ1) is 7.04. The Labute approximate surface area is 91.5 Å². The lowest BCUT2D eigenvalue weighted by atomic mass is 9.72. The van der Waals surface area contributed by atoms with E-state index in [1.54, 1.807) is 0 Å². The van der Waals surface area contributed by atoms with Gasteiger partial charge in [-0.2, -0.15) is 0 Å². The highest BCUT2D eigenvalue weighted by atomic mass is 16.1. The van der Waals surface area contributed by atoms with Crippen LogP contribution in [-0.2, 0) is 11.8 Å². The number of hydrogen-bond acceptors (Lipinski definition) is 1. The number of hydrogen-bond donors (Lipinski definition) is 0. The van der Waals surface area contributed by atoms with Crippen LogP contribution in [0.1, 0.15) is 55.1 Å². The van der Waals surface area contributed by atoms with E-state index in [2.05, 4.69) is 32.9 Å². The van der Waals surface area contributed by atoms with Crippen LogP contribution < -0.4 is 0 Å². The van der Waals surface area contributed by atoms with Gasteiger partial charge >= 0.3 is 0 Å². The van der Waals surface area contributed by atoms with Crippen molar-refractivity contribution in [1.29, 1.82) is 0 Å². The van der Waals surface area contributed by atoms with E-state index in [9.17, 15) is 4.79 Å². The summed E-state index contributed by atoms with van der Waals surface area (Å²) in [5.74, 6) is 0.312. The minimum absolute atomic E-state index is 0.161. The number of rotatable bonds is 1. The van der Waals surface area contributed by atoms with Crippen LogP contribution >= 0.6 is 0 Å². The van der Waals surface area contributed by atoms with Gasteiger partial charge in [-0.1, -0.05) is 39.0 Å². The third-order valence-corrected chi connectivity index (χ3v) is 3.50. The smallest absolute Gasteiger partial charge is 0.163 e. The molecule has 0 heterocycles. The van der Waals surface area contributed by atoms with Crippen molar-refractivity contribution in [3.05, 3.63) is 34.9 Å². The number of carbonyl (C=O) groups excluding carboxylic acids is 1. The zero-order valence-corrected chi connectivity index (χ0v) is 9.76. The molecule has 0 radical (unpaired) electrons. The Bertz CT molecular complexity index is 402. The summed E-state index contributed by atoms with van der Waals surface area (Å²) < 4.78 is 0. The molecule has 0 fully saturated rings. The van der Waals surface area contributed by atoms with Crippen molar-refractivity contribution in [1.82, 2.24) is 0 Å². The molecule has 0 saturated heterocycles. The molecule has 0 unspecified atom stereocenters. The summed E-state index contributed by atoms with van der Waals surface area (Å²) in [6.45, 7) is 6.62. The molecule has 0 atom stereocenters. The lowest BCUT2D eigenvalue weighted by Crippen LogP contribution is -2.27. The van der Waals surface area contributed by atoms with E-state index in [1.807, 2.05) is 6.07 Å². The quantitative estimate of drug-likeness (QED) is 0.681. The van der Waals surface area contributed by atoms with Crippen LogP contribution in [0.4, 0.5) is 0 Å². The molecule has 1 aliphatic rings. The fourth-order valence-corrected chi connectivity index (χ4v) is 2.31. The lowest BCUT2D eigenvalue weighted by Gasteiger charge is -2.32. The fourth-order valence-electron chi connectivity index (χ4n) is 2.31. The van der Waals surface area contributed by atoms with Gasteiger partial charge in [0.05, 0.1) is 0 Å². The second-order valence-electron chi connectivity index (χ2n) is 5.04. The summed E-state index contributed by atoms with van der Waals surface area (Å²) in [6.07, 6.45) is 2.72. The van der Waals surface area contributed by atoms with Crippen molar-refractivity contribution in [3.63, 3.8) is 0 Å². The number of Topliss-reactive ketones (excluding diaryl/α,β-unsaturated/α-hetero) is 1. The maximum atomic E-state index is 11.8. The van der Waals surface area contributed by atoms with E-state index in [0.29, 0.717) is 12.2 Å². The Hall–Kier alpha value is -1.11. The molecule has 0 bridgehead atoms. The van der Waals surface area contributed by atoms with Crippen LogP contribution in [0.3, 0.4) is 0 Å². The minimum Gasteiger partial charge on any atom is -0.294 e. The van der Waals surface area contributed by atoms with Gasteiger partial charge in [0.25, 0.3) is 0 Å². The molecular weight excluding hydrogens is 184 g/mol. The van der Waals surface area contributed by atoms with Gasteiger partial charge in [0.2, 0.25) is 0 Å². The fraction of sp³-hybridized carbons (Fsp3) is 0.500. The third-order valence-electron chi connectivity index (χ3n) is 3.50. The average Bonchev–Trinajstić information content (AvgIpc) is 2.24. The molecule has 0 saturated carbocycles. The molecule has 1 heteroatoms. The standard InChI is InChI=1S/C14H18O/c1-4-10-5-6-11-12(9-10)14(2,3)8-7-13(11)15/h5-6,9H,4,7-8H2,1-3H3. The topological polar surface area (TPSA) is 17.1 Å². The predicted molar refractivity (Wildman–Crippen MR) is 62.4 cm³/mol. The Balaban J connectivity index is 2.58. The van der Waals surface area contributed by atoms with Crippen molar-refractivity contribution >= 4 is 5.78 Å². The molecule has 0 spiro atoms. The van der Waals surface area contributed by atoms with Crippen molar-refractivity contribution in [2.24, 2.45) is 0 Å². The molecule has 1 nitrogen and oxygen atoms in total. The van der Waals surface area contributed by atoms with Gasteiger partial charge in [0.1, 0.15) is 0 Å². The molecule has 1 aromatic carbocycles. The lowest BCUT2D eigenvalue weighted by molar-refractivity contribution is 0.0956. The summed E-state index contributed by atoms with van der Waals surface area (Å²) >= 11 is 0. The Morgan fingerprint density at radius 2 is 2.07 bits per heavy atom. The van der Waals surface area contributed by atoms with Gasteiger partial charge in [-0.05, 0) is 29.4 Å². The normalized spacial score (nSPS) is 18.7. The highest BCUT2D eigenvalue weighted by molar-refractivity contribution is 5.99. The molecule has 1 aromatic rings. The average molecular weight is 202 g/mol. The van der Waals surface area contributed by atoms with Crippen LogP contribution in [0.5, 0.6) is 0 Å². The minimum atomic E-state index is 0.161. The van der Waals surface area contributed by atoms with Gasteiger partial charge in [-0.15, -0.1) is 0 Å². The van der Waals surface area contributed by atoms with E-state index in [4.69, 9.17) is 0 Å². The van der Waals surface area contributed by atoms with Crippen LogP contribution in [-0.4, -0.2) is 5.78 Å². The summed E-state index contributed by atoms with van der Waals surface area (Å²) in [6, 6.07) is 6.31. The molecule has 0 amide bonds. The van der Waals surface area contributed by atoms with Crippen LogP contribution in [0.15, 0.2) is 18.2 Å². The first-order valence-electron chi connectivity index (χ1n) is 5.71. The van der Waals surface area contributed by atoms with Crippen molar-refractivity contribution in [2.45, 2.75) is 45.4 Å². The first kappa shape index (κ1) is 10.4. The maximum Gasteiger partial charge on any atom is 0.163 e. The number of fused-ring (bicyclic) bond motifs is 1. The zero-order chi connectivity index (χ0) is 11.1. The van der Waals surface area contributed by atoms with Crippen molar-refractivity contribution in [2.75, 3.05) is 0 Å². The summed E-state index contributed by atoms with van der Waals surface area (Å²) in [7, 11) is 0. The number of aryl methyl sites for hydroxylation is 1. The Morgan fingerprint density at radius 1 is 1.33 bits per heavy atom. The van der Waals surface area contributed by atoms with E-state index >= 15 is 0 Å². The van der Waals surface area contributed by atoms with Gasteiger partial charge in [-0.25, -0.2) is 0 Å². The number of benzene rings is 1. The van der Waals surface area contributed by atoms with Gasteiger partial charge < -0.3 is 0 Å². The largest absolute Gasteiger partial charge is 0.294 e. The molecule has 0 N–H and O–H groups in total. The summed E-state index contributed by atoms with van der Waals surface area (Å²) in [5, 5.41) is 0. The molecule has 1 aliphatic carbocycles. The Kier molecular flexibility index (Phi) is 2.41. The molecule has 80 valence electrons. The van der Waals surface area contributed by atoms with Crippen LogP contribution in [0.25, 0.3) is 0 Å². The SMILES string of the molecule is CCc1ccc2c(c1)C(C)(C)CCC2=O. The second-order valence-corrected chi connectivity index (χ2v) is 5.04. The van der Waals surface area contributed by atoms with Crippen LogP contribution in [0, 0.1) is 0 Å². The van der Waals surface area contributed by atoms with E-state index in [0.717, 1.165) is 18.4 Å². The molecule has 2 rings (SSSR count). The molecule has 15 heavy (non-hydrogen) atoms. The maximum absolute atomic E-state index is 11.8. The number of ketones is 1. The predicted octanol–water partition coefficient (Wildman–Crippen LogP) is 3.50. The van der Waals surface area contributed by atoms with Crippen molar-refractivity contribution in [3.8, 4) is 0 Å². The first-order valence-corrected chi connectivity index (χ1v) is 5.71. The monoisotopic (exact) mass is 202 g/mol. The van der Waals surface area contributed by atoms with Gasteiger partial charge in [-0.3, -0.25) is 4.79 Å². The highest BCUT2D eigenvalue weighted by Gasteiger charge is 2.31.